The van der Waals surface area contributed by atoms with Gasteiger partial charge in [0.1, 0.15) is 23.7 Å². The van der Waals surface area contributed by atoms with E-state index in [1.54, 1.807) is 36.4 Å². The first-order valence-electron chi connectivity index (χ1n) is 12.8. The summed E-state index contributed by atoms with van der Waals surface area (Å²) in [6.45, 7) is 4.71. The molecule has 4 N–H and O–H groups in total. The van der Waals surface area contributed by atoms with Crippen LogP contribution in [0.25, 0.3) is 0 Å². The number of amides is 4. The van der Waals surface area contributed by atoms with Gasteiger partial charge in [-0.2, -0.15) is 0 Å². The van der Waals surface area contributed by atoms with E-state index in [-0.39, 0.29) is 42.8 Å². The molecule has 0 saturated heterocycles. The molecule has 0 bridgehead atoms. The molecule has 204 valence electrons. The molecule has 10 heteroatoms. The second kappa shape index (κ2) is 14.1. The highest BCUT2D eigenvalue weighted by Crippen LogP contribution is 2.19. The van der Waals surface area contributed by atoms with E-state index in [1.807, 2.05) is 13.8 Å². The molecular formula is C28H35FN4O5. The van der Waals surface area contributed by atoms with Crippen LogP contribution in [-0.2, 0) is 20.8 Å². The maximum atomic E-state index is 13.2. The molecule has 0 saturated carbocycles. The summed E-state index contributed by atoms with van der Waals surface area (Å²) in [6, 6.07) is 10.6. The molecule has 1 heterocycles. The zero-order valence-electron chi connectivity index (χ0n) is 21.7. The molecule has 0 aromatic heterocycles. The third-order valence-corrected chi connectivity index (χ3v) is 6.01. The molecule has 4 amide bonds. The molecular weight excluding hydrogens is 491 g/mol. The van der Waals surface area contributed by atoms with E-state index < -0.39 is 29.8 Å². The van der Waals surface area contributed by atoms with Crippen molar-refractivity contribution in [1.29, 1.82) is 0 Å². The molecule has 0 fully saturated rings. The highest BCUT2D eigenvalue weighted by molar-refractivity contribution is 6.01. The number of hydrogen-bond acceptors (Lipinski definition) is 5. The van der Waals surface area contributed by atoms with Crippen molar-refractivity contribution in [2.45, 2.75) is 51.6 Å². The van der Waals surface area contributed by atoms with Crippen LogP contribution in [0.4, 0.5) is 4.39 Å². The molecule has 38 heavy (non-hydrogen) atoms. The van der Waals surface area contributed by atoms with E-state index in [1.165, 1.54) is 12.1 Å². The van der Waals surface area contributed by atoms with Gasteiger partial charge in [0.2, 0.25) is 17.7 Å². The van der Waals surface area contributed by atoms with Crippen LogP contribution in [0.5, 0.6) is 5.75 Å². The fourth-order valence-corrected chi connectivity index (χ4v) is 4.06. The lowest BCUT2D eigenvalue weighted by Crippen LogP contribution is -2.52. The number of nitrogens with one attached hydrogen (secondary N) is 4. The van der Waals surface area contributed by atoms with Gasteiger partial charge in [-0.3, -0.25) is 19.2 Å². The van der Waals surface area contributed by atoms with Gasteiger partial charge < -0.3 is 26.0 Å². The number of carbonyl (C=O) groups excluding carboxylic acids is 4. The number of halogens is 1. The maximum absolute atomic E-state index is 13.2. The minimum atomic E-state index is -1.20. The minimum absolute atomic E-state index is 0.135. The summed E-state index contributed by atoms with van der Waals surface area (Å²) in [5.41, 5.74) is 1.05. The number of benzene rings is 2. The van der Waals surface area contributed by atoms with Crippen LogP contribution >= 0.6 is 0 Å². The molecule has 0 unspecified atom stereocenters. The predicted molar refractivity (Wildman–Crippen MR) is 140 cm³/mol. The molecule has 0 radical (unpaired) electrons. The Hall–Kier alpha value is -3.95. The van der Waals surface area contributed by atoms with Crippen molar-refractivity contribution < 1.29 is 28.3 Å². The fraction of sp³-hybridized carbons (Fsp3) is 0.429. The van der Waals surface area contributed by atoms with Crippen LogP contribution in [0.1, 0.15) is 49.0 Å². The van der Waals surface area contributed by atoms with Crippen molar-refractivity contribution in [1.82, 2.24) is 21.3 Å². The van der Waals surface area contributed by atoms with E-state index in [2.05, 4.69) is 21.3 Å². The molecule has 2 aromatic carbocycles. The van der Waals surface area contributed by atoms with E-state index in [0.717, 1.165) is 5.56 Å². The van der Waals surface area contributed by atoms with Gasteiger partial charge >= 0.3 is 0 Å². The number of para-hydroxylation sites is 1. The van der Waals surface area contributed by atoms with Crippen molar-refractivity contribution in [3.05, 3.63) is 65.5 Å². The Morgan fingerprint density at radius 2 is 1.82 bits per heavy atom. The topological polar surface area (TPSA) is 126 Å². The highest BCUT2D eigenvalue weighted by atomic mass is 19.1. The lowest BCUT2D eigenvalue weighted by Gasteiger charge is -2.22. The van der Waals surface area contributed by atoms with Gasteiger partial charge in [-0.25, -0.2) is 4.39 Å². The number of ether oxygens (including phenoxy) is 1. The van der Waals surface area contributed by atoms with Crippen molar-refractivity contribution in [2.75, 3.05) is 19.7 Å². The molecule has 1 aliphatic heterocycles. The summed E-state index contributed by atoms with van der Waals surface area (Å²) in [4.78, 5) is 52.0. The predicted octanol–water partition coefficient (Wildman–Crippen LogP) is 2.10. The Kier molecular flexibility index (Phi) is 10.6. The van der Waals surface area contributed by atoms with Gasteiger partial charge in [0.15, 0.2) is 0 Å². The van der Waals surface area contributed by atoms with Gasteiger partial charge in [0.25, 0.3) is 5.91 Å². The zero-order chi connectivity index (χ0) is 27.5. The minimum Gasteiger partial charge on any atom is -0.493 e. The van der Waals surface area contributed by atoms with E-state index in [4.69, 9.17) is 4.74 Å². The number of hydrogen-bond donors (Lipinski definition) is 4. The van der Waals surface area contributed by atoms with Crippen LogP contribution in [0.3, 0.4) is 0 Å². The molecule has 9 nitrogen and oxygen atoms in total. The first-order chi connectivity index (χ1) is 18.2. The van der Waals surface area contributed by atoms with Crippen LogP contribution < -0.4 is 26.0 Å². The summed E-state index contributed by atoms with van der Waals surface area (Å²) in [7, 11) is 0. The van der Waals surface area contributed by atoms with E-state index in [9.17, 15) is 23.6 Å². The Balaban J connectivity index is 1.78. The SMILES string of the molecule is CC(C)C[C@@H]1NC(=O)C[C@@H](C(=O)NCCc2ccc(F)cc2)NC(=O)c2ccccc2OCCCNC1=O. The molecule has 0 aliphatic carbocycles. The monoisotopic (exact) mass is 526 g/mol. The Bertz CT molecular complexity index is 1120. The second-order valence-corrected chi connectivity index (χ2v) is 9.64. The number of fused-ring (bicyclic) bond motifs is 1. The molecule has 0 spiro atoms. The summed E-state index contributed by atoms with van der Waals surface area (Å²) >= 11 is 0. The largest absolute Gasteiger partial charge is 0.493 e. The molecule has 2 aromatic rings. The van der Waals surface area contributed by atoms with Crippen molar-refractivity contribution in [3.63, 3.8) is 0 Å². The van der Waals surface area contributed by atoms with E-state index in [0.29, 0.717) is 31.6 Å². The summed E-state index contributed by atoms with van der Waals surface area (Å²) in [5, 5.41) is 10.9. The van der Waals surface area contributed by atoms with Crippen LogP contribution in [0.2, 0.25) is 0 Å². The van der Waals surface area contributed by atoms with Gasteiger partial charge in [-0.15, -0.1) is 0 Å². The molecule has 1 aliphatic rings. The Morgan fingerprint density at radius 1 is 1.08 bits per heavy atom. The average molecular weight is 527 g/mol. The van der Waals surface area contributed by atoms with Crippen molar-refractivity contribution in [3.8, 4) is 5.75 Å². The third-order valence-electron chi connectivity index (χ3n) is 6.01. The van der Waals surface area contributed by atoms with Crippen LogP contribution in [0, 0.1) is 11.7 Å². The maximum Gasteiger partial charge on any atom is 0.255 e. The average Bonchev–Trinajstić information content (AvgIpc) is 2.88. The van der Waals surface area contributed by atoms with Crippen LogP contribution in [0.15, 0.2) is 48.5 Å². The standard InChI is InChI=1S/C28H35FN4O5/c1-18(2)16-22-27(36)30-13-5-15-38-24-7-4-3-6-21(24)26(35)33-23(17-25(34)32-22)28(37)31-14-12-19-8-10-20(29)11-9-19/h3-4,6-11,18,22-23H,5,12-17H2,1-2H3,(H,30,36)(H,31,37)(H,32,34)(H,33,35)/t22-,23-/m0/s1. The number of carbonyl (C=O) groups is 4. The smallest absolute Gasteiger partial charge is 0.255 e. The van der Waals surface area contributed by atoms with E-state index >= 15 is 0 Å². The first-order valence-corrected chi connectivity index (χ1v) is 12.8. The Labute approximate surface area is 221 Å². The lowest BCUT2D eigenvalue weighted by atomic mass is 10.0. The highest BCUT2D eigenvalue weighted by Gasteiger charge is 2.28. The number of rotatable bonds is 6. The van der Waals surface area contributed by atoms with Gasteiger partial charge in [-0.1, -0.05) is 38.1 Å². The molecule has 3 rings (SSSR count). The quantitative estimate of drug-likeness (QED) is 0.459. The normalized spacial score (nSPS) is 19.1. The summed E-state index contributed by atoms with van der Waals surface area (Å²) < 4.78 is 18.9. The summed E-state index contributed by atoms with van der Waals surface area (Å²) in [5.74, 6) is -1.84. The van der Waals surface area contributed by atoms with Gasteiger partial charge in [0.05, 0.1) is 18.6 Å². The van der Waals surface area contributed by atoms with Crippen LogP contribution in [-0.4, -0.2) is 55.4 Å². The third kappa shape index (κ3) is 8.86. The fourth-order valence-electron chi connectivity index (χ4n) is 4.06. The van der Waals surface area contributed by atoms with Crippen molar-refractivity contribution in [2.24, 2.45) is 5.92 Å². The molecule has 2 atom stereocenters. The lowest BCUT2D eigenvalue weighted by molar-refractivity contribution is -0.131. The van der Waals surface area contributed by atoms with Gasteiger partial charge in [-0.05, 0) is 55.0 Å². The van der Waals surface area contributed by atoms with Gasteiger partial charge in [0, 0.05) is 13.1 Å². The second-order valence-electron chi connectivity index (χ2n) is 9.64. The Morgan fingerprint density at radius 3 is 2.55 bits per heavy atom. The first kappa shape index (κ1) is 28.6. The van der Waals surface area contributed by atoms with Crippen molar-refractivity contribution >= 4 is 23.6 Å². The summed E-state index contributed by atoms with van der Waals surface area (Å²) in [6.07, 6.45) is 0.995. The zero-order valence-corrected chi connectivity index (χ0v) is 21.7.